The van der Waals surface area contributed by atoms with Gasteiger partial charge in [-0.3, -0.25) is 9.67 Å². The second-order valence-corrected chi connectivity index (χ2v) is 12.2. The van der Waals surface area contributed by atoms with Crippen LogP contribution in [0.4, 0.5) is 11.8 Å². The minimum Gasteiger partial charge on any atom is -0.491 e. The normalized spacial score (nSPS) is 19.0. The molecule has 1 fully saturated rings. The lowest BCUT2D eigenvalue weighted by Crippen LogP contribution is -2.28. The summed E-state index contributed by atoms with van der Waals surface area (Å²) in [6, 6.07) is 12.5. The van der Waals surface area contributed by atoms with Gasteiger partial charge in [-0.1, -0.05) is 51.1 Å². The number of aromatic nitrogens is 5. The first-order chi connectivity index (χ1) is 21.8. The Kier molecular flexibility index (Phi) is 8.40. The first-order valence-corrected chi connectivity index (χ1v) is 15.1. The Morgan fingerprint density at radius 2 is 2.02 bits per heavy atom. The Balaban J connectivity index is 1.29. The monoisotopic (exact) mass is 609 g/mol. The van der Waals surface area contributed by atoms with Crippen LogP contribution in [0.3, 0.4) is 0 Å². The van der Waals surface area contributed by atoms with E-state index in [2.05, 4.69) is 64.3 Å². The number of pyridine rings is 1. The number of hydrogen-bond acceptors (Lipinski definition) is 10. The van der Waals surface area contributed by atoms with E-state index in [1.165, 1.54) is 5.56 Å². The van der Waals surface area contributed by atoms with Gasteiger partial charge in [0.2, 0.25) is 5.95 Å². The van der Waals surface area contributed by atoms with Crippen LogP contribution in [-0.4, -0.2) is 50.0 Å². The van der Waals surface area contributed by atoms with Gasteiger partial charge >= 0.3 is 0 Å². The number of anilines is 2. The first-order valence-electron chi connectivity index (χ1n) is 15.1. The molecule has 12 nitrogen and oxygen atoms in total. The molecule has 4 aromatic rings. The number of aryl methyl sites for hydroxylation is 1. The Morgan fingerprint density at radius 3 is 2.73 bits per heavy atom. The molecule has 0 bridgehead atoms. The number of allylic oxidation sites excluding steroid dienone is 2. The summed E-state index contributed by atoms with van der Waals surface area (Å²) in [5.41, 5.74) is 3.81. The van der Waals surface area contributed by atoms with Gasteiger partial charge in [0, 0.05) is 36.6 Å². The Hall–Kier alpha value is -4.97. The first kappa shape index (κ1) is 30.1. The molecule has 6 rings (SSSR count). The zero-order valence-corrected chi connectivity index (χ0v) is 26.2. The fourth-order valence-corrected chi connectivity index (χ4v) is 5.79. The number of nitrogens with one attached hydrogen (secondary N) is 3. The summed E-state index contributed by atoms with van der Waals surface area (Å²) in [6.45, 7) is 7.19. The lowest BCUT2D eigenvalue weighted by Gasteiger charge is -2.27. The third-order valence-electron chi connectivity index (χ3n) is 8.03. The molecular weight excluding hydrogens is 570 g/mol. The second kappa shape index (κ2) is 12.6. The Labute approximate surface area is 262 Å². The molecule has 1 saturated carbocycles. The number of nitrogens with zero attached hydrogens (tertiary/aromatic N) is 6. The molecule has 3 aromatic heterocycles. The highest BCUT2D eigenvalue weighted by atomic mass is 16.5. The highest BCUT2D eigenvalue weighted by Gasteiger charge is 2.34. The molecule has 2 atom stereocenters. The quantitative estimate of drug-likeness (QED) is 0.149. The summed E-state index contributed by atoms with van der Waals surface area (Å²) in [5, 5.41) is 19.4. The van der Waals surface area contributed by atoms with Crippen LogP contribution < -0.4 is 20.1 Å². The molecule has 234 valence electrons. The summed E-state index contributed by atoms with van der Waals surface area (Å²) >= 11 is 0. The maximum atomic E-state index is 7.87. The third kappa shape index (κ3) is 6.18. The lowest BCUT2D eigenvalue weighted by atomic mass is 9.91. The average Bonchev–Trinajstić information content (AvgIpc) is 3.77. The summed E-state index contributed by atoms with van der Waals surface area (Å²) in [7, 11) is 3.45. The number of rotatable bonds is 10. The van der Waals surface area contributed by atoms with Crippen LogP contribution in [-0.2, 0) is 23.8 Å². The van der Waals surface area contributed by atoms with E-state index >= 15 is 0 Å². The molecular formula is C33H39N9O3. The number of fused-ring (bicyclic) bond motifs is 1. The van der Waals surface area contributed by atoms with E-state index in [0.717, 1.165) is 31.2 Å². The van der Waals surface area contributed by atoms with Gasteiger partial charge in [0.15, 0.2) is 28.7 Å². The molecule has 12 heteroatoms. The number of ether oxygens (including phenoxy) is 3. The van der Waals surface area contributed by atoms with Crippen molar-refractivity contribution in [2.45, 2.75) is 64.2 Å². The number of hydrogen-bond donors (Lipinski definition) is 3. The van der Waals surface area contributed by atoms with E-state index < -0.39 is 0 Å². The van der Waals surface area contributed by atoms with Crippen molar-refractivity contribution in [2.24, 2.45) is 12.0 Å². The van der Waals surface area contributed by atoms with Gasteiger partial charge in [0.1, 0.15) is 11.2 Å². The minimum atomic E-state index is -0.141. The third-order valence-corrected chi connectivity index (χ3v) is 8.03. The molecule has 0 amide bonds. The smallest absolute Gasteiger partial charge is 0.211 e. The van der Waals surface area contributed by atoms with Gasteiger partial charge < -0.3 is 34.8 Å². The van der Waals surface area contributed by atoms with Crippen LogP contribution in [0.2, 0.25) is 0 Å². The van der Waals surface area contributed by atoms with Crippen LogP contribution in [0.1, 0.15) is 57.3 Å². The van der Waals surface area contributed by atoms with Gasteiger partial charge in [-0.2, -0.15) is 10.1 Å². The number of methoxy groups -OCH3 is 1. The van der Waals surface area contributed by atoms with Crippen molar-refractivity contribution < 1.29 is 14.2 Å². The molecule has 0 saturated heterocycles. The van der Waals surface area contributed by atoms with E-state index in [0.29, 0.717) is 46.7 Å². The second-order valence-electron chi connectivity index (χ2n) is 12.2. The highest BCUT2D eigenvalue weighted by molar-refractivity contribution is 5.90. The molecule has 3 N–H and O–H groups in total. The van der Waals surface area contributed by atoms with Crippen molar-refractivity contribution >= 4 is 35.4 Å². The standard InChI is InChI=1S/C33H39N9O3/c1-33(2,3)27-16-28(40-42(27)23-12-9-13-24(23)44-20-21-10-7-6-8-11-21)38-32-39-31-29(41(32)4)30(43-5)26(19-37-31)45-25(17-34)22-18-35-14-15-36-22/h6-8,10-11,14-19,23-24,34,36H,9,12-13,20H2,1-5H3,(H,37,38,39,40)/b25-22+,34-17?/t23-,24+/m0/s1. The predicted molar refractivity (Wildman–Crippen MR) is 174 cm³/mol. The zero-order chi connectivity index (χ0) is 31.6. The fourth-order valence-electron chi connectivity index (χ4n) is 5.79. The lowest BCUT2D eigenvalue weighted by molar-refractivity contribution is 0.0154. The molecule has 2 aliphatic rings. The fraction of sp³-hybridized carbons (Fsp3) is 0.364. The Bertz CT molecular complexity index is 1780. The highest BCUT2D eigenvalue weighted by Crippen LogP contribution is 2.39. The summed E-state index contributed by atoms with van der Waals surface area (Å²) in [6.07, 6.45) is 10.7. The molecule has 45 heavy (non-hydrogen) atoms. The van der Waals surface area contributed by atoms with E-state index in [1.54, 1.807) is 31.9 Å². The van der Waals surface area contributed by atoms with Gasteiger partial charge in [-0.05, 0) is 24.8 Å². The molecule has 0 radical (unpaired) electrons. The molecule has 0 unspecified atom stereocenters. The number of aliphatic imine (C=N–C) groups is 1. The number of benzene rings is 1. The SMILES string of the molecule is COc1c(O/C(C=N)=C2\C=NC=CN2)cnc2nc(Nc3cc(C(C)(C)C)n([C@H]4CCC[C@H]4OCc4ccccc4)n3)n(C)c12. The van der Waals surface area contributed by atoms with Crippen LogP contribution in [0.5, 0.6) is 11.5 Å². The molecule has 1 aliphatic heterocycles. The van der Waals surface area contributed by atoms with Crippen molar-refractivity contribution in [1.29, 1.82) is 5.41 Å². The maximum absolute atomic E-state index is 7.87. The molecule has 4 heterocycles. The van der Waals surface area contributed by atoms with Crippen LogP contribution in [0.25, 0.3) is 11.2 Å². The topological polar surface area (TPSA) is 136 Å². The summed E-state index contributed by atoms with van der Waals surface area (Å²) in [5.74, 6) is 2.29. The van der Waals surface area contributed by atoms with Crippen molar-refractivity contribution in [3.05, 3.63) is 77.7 Å². The van der Waals surface area contributed by atoms with Crippen molar-refractivity contribution in [1.82, 2.24) is 29.6 Å². The maximum Gasteiger partial charge on any atom is 0.211 e. The van der Waals surface area contributed by atoms with Crippen molar-refractivity contribution in [2.75, 3.05) is 12.4 Å². The van der Waals surface area contributed by atoms with E-state index in [9.17, 15) is 0 Å². The number of imidazole rings is 1. The minimum absolute atomic E-state index is 0.0774. The van der Waals surface area contributed by atoms with Crippen molar-refractivity contribution in [3.8, 4) is 11.5 Å². The predicted octanol–water partition coefficient (Wildman–Crippen LogP) is 5.91. The largest absolute Gasteiger partial charge is 0.491 e. The van der Waals surface area contributed by atoms with Crippen molar-refractivity contribution in [3.63, 3.8) is 0 Å². The summed E-state index contributed by atoms with van der Waals surface area (Å²) in [4.78, 5) is 13.4. The zero-order valence-electron chi connectivity index (χ0n) is 26.2. The van der Waals surface area contributed by atoms with Crippen LogP contribution >= 0.6 is 0 Å². The molecule has 0 spiro atoms. The van der Waals surface area contributed by atoms with Crippen LogP contribution in [0.15, 0.2) is 71.4 Å². The van der Waals surface area contributed by atoms with E-state index in [1.807, 2.05) is 29.8 Å². The van der Waals surface area contributed by atoms with Gasteiger partial charge in [-0.25, -0.2) is 4.98 Å². The van der Waals surface area contributed by atoms with E-state index in [-0.39, 0.29) is 23.3 Å². The Morgan fingerprint density at radius 1 is 1.20 bits per heavy atom. The summed E-state index contributed by atoms with van der Waals surface area (Å²) < 4.78 is 22.3. The van der Waals surface area contributed by atoms with Gasteiger partial charge in [0.05, 0.1) is 44.5 Å². The molecule has 1 aliphatic carbocycles. The van der Waals surface area contributed by atoms with Gasteiger partial charge in [0.25, 0.3) is 0 Å². The van der Waals surface area contributed by atoms with E-state index in [4.69, 9.17) is 29.7 Å². The van der Waals surface area contributed by atoms with Gasteiger partial charge in [-0.15, -0.1) is 0 Å². The molecule has 1 aromatic carbocycles. The van der Waals surface area contributed by atoms with Crippen LogP contribution in [0, 0.1) is 5.41 Å². The average molecular weight is 610 g/mol.